The molecular weight excluding hydrogens is 520 g/mol. The summed E-state index contributed by atoms with van der Waals surface area (Å²) in [7, 11) is 3.64. The number of nitriles is 1. The molecule has 0 bridgehead atoms. The molecule has 0 aromatic carbocycles. The number of piperidine rings is 1. The molecule has 7 nitrogen and oxygen atoms in total. The molecule has 7 heteroatoms. The van der Waals surface area contributed by atoms with Gasteiger partial charge in [-0.25, -0.2) is 4.98 Å². The lowest BCUT2D eigenvalue weighted by molar-refractivity contribution is -0.131. The minimum atomic E-state index is -0.0341. The summed E-state index contributed by atoms with van der Waals surface area (Å²) in [5, 5.41) is 9.64. The number of nitrogen functional groups attached to an aromatic ring is 1. The molecule has 42 heavy (non-hydrogen) atoms. The van der Waals surface area contributed by atoms with E-state index in [1.54, 1.807) is 17.2 Å². The van der Waals surface area contributed by atoms with Crippen LogP contribution in [0.15, 0.2) is 53.8 Å². The highest BCUT2D eigenvalue weighted by Gasteiger charge is 2.29. The summed E-state index contributed by atoms with van der Waals surface area (Å²) < 4.78 is 0. The fourth-order valence-corrected chi connectivity index (χ4v) is 5.60. The number of nitrogens with two attached hydrogens (primary N) is 1. The van der Waals surface area contributed by atoms with Gasteiger partial charge in [0.25, 0.3) is 0 Å². The second-order valence-electron chi connectivity index (χ2n) is 10.8. The monoisotopic (exact) mass is 570 g/mol. The molecule has 0 radical (unpaired) electrons. The van der Waals surface area contributed by atoms with Gasteiger partial charge >= 0.3 is 0 Å². The van der Waals surface area contributed by atoms with Crippen LogP contribution in [-0.4, -0.2) is 58.9 Å². The Hall–Kier alpha value is -3.76. The Morgan fingerprint density at radius 3 is 2.50 bits per heavy atom. The number of aromatic nitrogens is 2. The fraction of sp³-hybridized carbons (Fsp3) is 0.486. The summed E-state index contributed by atoms with van der Waals surface area (Å²) >= 11 is 0. The second kappa shape index (κ2) is 16.6. The Balaban J connectivity index is 0.00000148. The number of allylic oxidation sites excluding steroid dienone is 3. The lowest BCUT2D eigenvalue weighted by Gasteiger charge is -2.39. The molecule has 3 atom stereocenters. The van der Waals surface area contributed by atoms with Crippen molar-refractivity contribution in [1.29, 1.82) is 5.26 Å². The third kappa shape index (κ3) is 8.62. The van der Waals surface area contributed by atoms with Gasteiger partial charge in [0.05, 0.1) is 5.92 Å². The molecule has 1 saturated heterocycles. The van der Waals surface area contributed by atoms with Gasteiger partial charge < -0.3 is 10.6 Å². The van der Waals surface area contributed by atoms with Gasteiger partial charge in [-0.05, 0) is 81.8 Å². The van der Waals surface area contributed by atoms with Crippen LogP contribution in [0.1, 0.15) is 77.8 Å². The largest absolute Gasteiger partial charge is 0.384 e. The van der Waals surface area contributed by atoms with Crippen molar-refractivity contribution in [2.75, 3.05) is 32.9 Å². The van der Waals surface area contributed by atoms with E-state index < -0.39 is 0 Å². The molecule has 0 saturated carbocycles. The van der Waals surface area contributed by atoms with Crippen molar-refractivity contribution in [3.8, 4) is 17.2 Å². The minimum Gasteiger partial charge on any atom is -0.384 e. The first kappa shape index (κ1) is 34.4. The molecule has 1 amide bonds. The third-order valence-corrected chi connectivity index (χ3v) is 7.72. The predicted octanol–water partition coefficient (Wildman–Crippen LogP) is 7.05. The summed E-state index contributed by atoms with van der Waals surface area (Å²) in [4.78, 5) is 25.3. The van der Waals surface area contributed by atoms with Crippen molar-refractivity contribution in [2.45, 2.75) is 73.8 Å². The van der Waals surface area contributed by atoms with E-state index in [1.807, 2.05) is 60.8 Å². The average molecular weight is 571 g/mol. The highest BCUT2D eigenvalue weighted by molar-refractivity contribution is 5.81. The molecule has 1 aliphatic carbocycles. The van der Waals surface area contributed by atoms with Crippen LogP contribution in [0.5, 0.6) is 0 Å². The number of anilines is 1. The Labute approximate surface area is 253 Å². The summed E-state index contributed by atoms with van der Waals surface area (Å²) in [6.45, 7) is 16.4. The highest BCUT2D eigenvalue weighted by Crippen LogP contribution is 2.34. The molecule has 2 aliphatic rings. The van der Waals surface area contributed by atoms with Crippen LogP contribution in [0.25, 0.3) is 17.2 Å². The summed E-state index contributed by atoms with van der Waals surface area (Å²) in [6.07, 6.45) is 13.5. The Kier molecular flexibility index (Phi) is 13.6. The van der Waals surface area contributed by atoms with Crippen LogP contribution in [0.2, 0.25) is 0 Å². The number of hydrogen-bond donors (Lipinski definition) is 1. The van der Waals surface area contributed by atoms with E-state index in [1.165, 1.54) is 11.1 Å². The van der Waals surface area contributed by atoms with Gasteiger partial charge in [-0.1, -0.05) is 57.6 Å². The van der Waals surface area contributed by atoms with E-state index in [9.17, 15) is 10.1 Å². The van der Waals surface area contributed by atoms with E-state index in [0.717, 1.165) is 54.7 Å². The maximum absolute atomic E-state index is 12.3. The van der Waals surface area contributed by atoms with Crippen molar-refractivity contribution >= 4 is 17.8 Å². The molecule has 226 valence electrons. The number of carbonyl (C=O) groups is 1. The number of amides is 1. The normalized spacial score (nSPS) is 20.2. The zero-order valence-corrected chi connectivity index (χ0v) is 27.1. The average Bonchev–Trinajstić information content (AvgIpc) is 3.01. The number of hydrogen-bond acceptors (Lipinski definition) is 6. The summed E-state index contributed by atoms with van der Waals surface area (Å²) in [5.74, 6) is 1.01. The minimum absolute atomic E-state index is 0.0341. The van der Waals surface area contributed by atoms with Crippen molar-refractivity contribution in [3.05, 3.63) is 70.7 Å². The van der Waals surface area contributed by atoms with Crippen LogP contribution < -0.4 is 5.73 Å². The van der Waals surface area contributed by atoms with Gasteiger partial charge in [0.15, 0.2) is 5.69 Å². The molecule has 3 heterocycles. The molecule has 2 unspecified atom stereocenters. The summed E-state index contributed by atoms with van der Waals surface area (Å²) in [6, 6.07) is 8.17. The van der Waals surface area contributed by atoms with Gasteiger partial charge in [0.2, 0.25) is 5.91 Å². The molecule has 2 N–H and O–H groups in total. The molecule has 1 aliphatic heterocycles. The Morgan fingerprint density at radius 1 is 1.19 bits per heavy atom. The van der Waals surface area contributed by atoms with Crippen LogP contribution in [0.3, 0.4) is 0 Å². The van der Waals surface area contributed by atoms with Crippen LogP contribution >= 0.6 is 0 Å². The van der Waals surface area contributed by atoms with Crippen molar-refractivity contribution < 1.29 is 4.79 Å². The molecule has 4 rings (SSSR count). The van der Waals surface area contributed by atoms with Crippen LogP contribution in [0.4, 0.5) is 5.82 Å². The lowest BCUT2D eigenvalue weighted by Crippen LogP contribution is -2.42. The number of carbonyl (C=O) groups excluding carboxylic acids is 1. The number of pyridine rings is 2. The maximum Gasteiger partial charge on any atom is 0.229 e. The zero-order chi connectivity index (χ0) is 31.4. The van der Waals surface area contributed by atoms with Gasteiger partial charge in [-0.15, -0.1) is 0 Å². The first-order valence-electron chi connectivity index (χ1n) is 15.3. The standard InChI is InChI=1S/C31H38N6O.2C2H6/c1-20(16-28-22(3)34-14-12-26(28)27-10-11-30(33)35-29(27)18-32)19-37-15-13-25(17-21(37)2)23-6-8-24(9-7-23)31(38)36(4)5;2*1-2/h6-8,10-12,14,16,21,24-25H,9,13,15,17,19H2,1-5H3,(H2,33,35);2*1-2H3/b20-16+;;/t21?,24?,25-;;/m0../s1. The fourth-order valence-electron chi connectivity index (χ4n) is 5.60. The van der Waals surface area contributed by atoms with Gasteiger partial charge in [-0.2, -0.15) is 5.26 Å². The summed E-state index contributed by atoms with van der Waals surface area (Å²) in [5.41, 5.74) is 12.4. The van der Waals surface area contributed by atoms with Crippen LogP contribution in [-0.2, 0) is 4.79 Å². The number of rotatable bonds is 6. The van der Waals surface area contributed by atoms with E-state index in [4.69, 9.17) is 5.73 Å². The maximum atomic E-state index is 12.3. The molecular formula is C35H50N6O. The van der Waals surface area contributed by atoms with Crippen LogP contribution in [0, 0.1) is 30.1 Å². The van der Waals surface area contributed by atoms with E-state index in [-0.39, 0.29) is 11.8 Å². The zero-order valence-electron chi connectivity index (χ0n) is 27.1. The van der Waals surface area contributed by atoms with Crippen molar-refractivity contribution in [1.82, 2.24) is 19.8 Å². The number of nitrogens with zero attached hydrogens (tertiary/aromatic N) is 5. The molecule has 2 aromatic heterocycles. The Morgan fingerprint density at radius 2 is 1.90 bits per heavy atom. The van der Waals surface area contributed by atoms with E-state index in [0.29, 0.717) is 23.5 Å². The quantitative estimate of drug-likeness (QED) is 0.399. The topological polar surface area (TPSA) is 99.1 Å². The van der Waals surface area contributed by atoms with Gasteiger partial charge in [0.1, 0.15) is 11.9 Å². The molecule has 0 spiro atoms. The lowest BCUT2D eigenvalue weighted by atomic mass is 9.81. The van der Waals surface area contributed by atoms with Crippen molar-refractivity contribution in [3.63, 3.8) is 0 Å². The SMILES string of the molecule is C/C(=C\c1c(-c2ccc(N)nc2C#N)ccnc1C)CN1CC[C@H](C2=CCC(C(=O)N(C)C)C=C2)CC1C.CC.CC. The van der Waals surface area contributed by atoms with Gasteiger partial charge in [-0.3, -0.25) is 14.7 Å². The van der Waals surface area contributed by atoms with Crippen molar-refractivity contribution in [2.24, 2.45) is 11.8 Å². The second-order valence-corrected chi connectivity index (χ2v) is 10.8. The van der Waals surface area contributed by atoms with Gasteiger partial charge in [0, 0.05) is 49.7 Å². The first-order valence-corrected chi connectivity index (χ1v) is 15.3. The molecule has 1 fully saturated rings. The smallest absolute Gasteiger partial charge is 0.229 e. The predicted molar refractivity (Wildman–Crippen MR) is 175 cm³/mol. The van der Waals surface area contributed by atoms with E-state index >= 15 is 0 Å². The van der Waals surface area contributed by atoms with E-state index in [2.05, 4.69) is 59.1 Å². The number of likely N-dealkylation sites (tertiary alicyclic amines) is 1. The molecule has 2 aromatic rings. The number of aryl methyl sites for hydroxylation is 1. The Bertz CT molecular complexity index is 1330. The first-order chi connectivity index (χ1) is 20.2. The third-order valence-electron chi connectivity index (χ3n) is 7.72. The highest BCUT2D eigenvalue weighted by atomic mass is 16.2.